The SMILES string of the molecule is CCOC(=O)c1ccc(NC(=O)CSc2nnc(COc3cccc(C)c3)n2CC)cc1. The highest BCUT2D eigenvalue weighted by atomic mass is 32.2. The molecule has 1 heterocycles. The average Bonchev–Trinajstić information content (AvgIpc) is 3.19. The standard InChI is InChI=1S/C23H26N4O4S/c1-4-27-20(14-31-19-8-6-7-16(3)13-19)25-26-23(27)32-15-21(28)24-18-11-9-17(10-12-18)22(29)30-5-2/h6-13H,4-5,14-15H2,1-3H3,(H,24,28). The molecule has 0 radical (unpaired) electrons. The van der Waals surface area contributed by atoms with Gasteiger partial charge in [-0.3, -0.25) is 4.79 Å². The van der Waals surface area contributed by atoms with E-state index in [2.05, 4.69) is 15.5 Å². The van der Waals surface area contributed by atoms with Crippen molar-refractivity contribution >= 4 is 29.3 Å². The molecule has 0 fully saturated rings. The van der Waals surface area contributed by atoms with Crippen LogP contribution in [0.25, 0.3) is 0 Å². The van der Waals surface area contributed by atoms with Gasteiger partial charge in [-0.25, -0.2) is 4.79 Å². The number of carbonyl (C=O) groups excluding carboxylic acids is 2. The van der Waals surface area contributed by atoms with Crippen molar-refractivity contribution in [2.24, 2.45) is 0 Å². The van der Waals surface area contributed by atoms with Gasteiger partial charge in [0.05, 0.1) is 17.9 Å². The first kappa shape index (κ1) is 23.3. The quantitative estimate of drug-likeness (QED) is 0.364. The van der Waals surface area contributed by atoms with Crippen molar-refractivity contribution in [1.82, 2.24) is 14.8 Å². The first-order valence-electron chi connectivity index (χ1n) is 10.3. The highest BCUT2D eigenvalue weighted by Gasteiger charge is 2.14. The molecule has 0 aliphatic carbocycles. The first-order chi connectivity index (χ1) is 15.5. The Balaban J connectivity index is 1.53. The van der Waals surface area contributed by atoms with Gasteiger partial charge in [-0.15, -0.1) is 10.2 Å². The van der Waals surface area contributed by atoms with Crippen molar-refractivity contribution in [3.05, 3.63) is 65.5 Å². The fourth-order valence-electron chi connectivity index (χ4n) is 2.93. The van der Waals surface area contributed by atoms with E-state index in [9.17, 15) is 9.59 Å². The predicted molar refractivity (Wildman–Crippen MR) is 123 cm³/mol. The zero-order valence-electron chi connectivity index (χ0n) is 18.3. The molecule has 9 heteroatoms. The summed E-state index contributed by atoms with van der Waals surface area (Å²) in [5.74, 6) is 1.09. The number of thioether (sulfide) groups is 1. The van der Waals surface area contributed by atoms with Crippen LogP contribution in [0.5, 0.6) is 5.75 Å². The maximum absolute atomic E-state index is 12.4. The summed E-state index contributed by atoms with van der Waals surface area (Å²) < 4.78 is 12.7. The summed E-state index contributed by atoms with van der Waals surface area (Å²) in [6.07, 6.45) is 0. The van der Waals surface area contributed by atoms with E-state index in [4.69, 9.17) is 9.47 Å². The number of hydrogen-bond donors (Lipinski definition) is 1. The van der Waals surface area contributed by atoms with Gasteiger partial charge in [0.25, 0.3) is 0 Å². The number of anilines is 1. The Morgan fingerprint density at radius 3 is 2.56 bits per heavy atom. The zero-order chi connectivity index (χ0) is 22.9. The maximum Gasteiger partial charge on any atom is 0.338 e. The van der Waals surface area contributed by atoms with E-state index in [1.54, 1.807) is 31.2 Å². The van der Waals surface area contributed by atoms with Crippen LogP contribution in [0.4, 0.5) is 5.69 Å². The molecule has 0 saturated heterocycles. The van der Waals surface area contributed by atoms with E-state index in [1.165, 1.54) is 11.8 Å². The molecule has 8 nitrogen and oxygen atoms in total. The van der Waals surface area contributed by atoms with Crippen LogP contribution in [0.15, 0.2) is 53.7 Å². The van der Waals surface area contributed by atoms with Gasteiger partial charge in [-0.1, -0.05) is 23.9 Å². The molecular formula is C23H26N4O4S. The van der Waals surface area contributed by atoms with Gasteiger partial charge in [0, 0.05) is 12.2 Å². The number of benzene rings is 2. The minimum atomic E-state index is -0.387. The van der Waals surface area contributed by atoms with Crippen LogP contribution in [0.1, 0.15) is 35.6 Å². The predicted octanol–water partition coefficient (Wildman–Crippen LogP) is 4.09. The van der Waals surface area contributed by atoms with Gasteiger partial charge in [0.15, 0.2) is 11.0 Å². The molecule has 3 aromatic rings. The van der Waals surface area contributed by atoms with Gasteiger partial charge in [-0.05, 0) is 62.7 Å². The molecule has 0 saturated carbocycles. The van der Waals surface area contributed by atoms with Crippen LogP contribution in [0, 0.1) is 6.92 Å². The monoisotopic (exact) mass is 454 g/mol. The van der Waals surface area contributed by atoms with Gasteiger partial charge < -0.3 is 19.4 Å². The summed E-state index contributed by atoms with van der Waals surface area (Å²) in [6.45, 7) is 7.04. The number of carbonyl (C=O) groups is 2. The third-order valence-electron chi connectivity index (χ3n) is 4.48. The molecule has 0 aliphatic heterocycles. The molecule has 3 rings (SSSR count). The number of nitrogens with zero attached hydrogens (tertiary/aromatic N) is 3. The Kier molecular flexibility index (Phi) is 8.27. The first-order valence-corrected chi connectivity index (χ1v) is 11.3. The highest BCUT2D eigenvalue weighted by Crippen LogP contribution is 2.20. The second kappa shape index (κ2) is 11.3. The number of aryl methyl sites for hydroxylation is 1. The number of esters is 1. The zero-order valence-corrected chi connectivity index (χ0v) is 19.1. The minimum Gasteiger partial charge on any atom is -0.486 e. The Bertz CT molecular complexity index is 1070. The summed E-state index contributed by atoms with van der Waals surface area (Å²) in [5.41, 5.74) is 2.17. The number of hydrogen-bond acceptors (Lipinski definition) is 7. The van der Waals surface area contributed by atoms with Crippen LogP contribution in [-0.4, -0.2) is 39.0 Å². The van der Waals surface area contributed by atoms with Crippen molar-refractivity contribution < 1.29 is 19.1 Å². The molecule has 0 bridgehead atoms. The molecule has 0 aliphatic rings. The van der Waals surface area contributed by atoms with Gasteiger partial charge in [-0.2, -0.15) is 0 Å². The van der Waals surface area contributed by atoms with Crippen molar-refractivity contribution in [2.45, 2.75) is 39.1 Å². The van der Waals surface area contributed by atoms with Gasteiger partial charge >= 0.3 is 5.97 Å². The van der Waals surface area contributed by atoms with Crippen molar-refractivity contribution in [1.29, 1.82) is 0 Å². The molecular weight excluding hydrogens is 428 g/mol. The minimum absolute atomic E-state index is 0.177. The Morgan fingerprint density at radius 2 is 1.88 bits per heavy atom. The molecule has 0 spiro atoms. The number of aromatic nitrogens is 3. The topological polar surface area (TPSA) is 95.3 Å². The molecule has 1 N–H and O–H groups in total. The third kappa shape index (κ3) is 6.34. The van der Waals surface area contributed by atoms with Gasteiger partial charge in [0.2, 0.25) is 5.91 Å². The number of rotatable bonds is 10. The van der Waals surface area contributed by atoms with E-state index >= 15 is 0 Å². The van der Waals surface area contributed by atoms with Crippen molar-refractivity contribution in [2.75, 3.05) is 17.7 Å². The van der Waals surface area contributed by atoms with Crippen LogP contribution < -0.4 is 10.1 Å². The van der Waals surface area contributed by atoms with E-state index in [0.29, 0.717) is 42.0 Å². The van der Waals surface area contributed by atoms with Crippen LogP contribution in [0.3, 0.4) is 0 Å². The van der Waals surface area contributed by atoms with E-state index < -0.39 is 0 Å². The normalized spacial score (nSPS) is 10.6. The molecule has 2 aromatic carbocycles. The lowest BCUT2D eigenvalue weighted by Crippen LogP contribution is -2.15. The van der Waals surface area contributed by atoms with Crippen LogP contribution >= 0.6 is 11.8 Å². The lowest BCUT2D eigenvalue weighted by molar-refractivity contribution is -0.113. The van der Waals surface area contributed by atoms with Crippen molar-refractivity contribution in [3.63, 3.8) is 0 Å². The van der Waals surface area contributed by atoms with E-state index in [0.717, 1.165) is 11.3 Å². The van der Waals surface area contributed by atoms with Gasteiger partial charge in [0.1, 0.15) is 12.4 Å². The molecule has 168 valence electrons. The fourth-order valence-corrected chi connectivity index (χ4v) is 3.76. The highest BCUT2D eigenvalue weighted by molar-refractivity contribution is 7.99. The van der Waals surface area contributed by atoms with Crippen molar-refractivity contribution in [3.8, 4) is 5.75 Å². The lowest BCUT2D eigenvalue weighted by atomic mass is 10.2. The number of ether oxygens (including phenoxy) is 2. The molecule has 32 heavy (non-hydrogen) atoms. The molecule has 0 unspecified atom stereocenters. The molecule has 1 amide bonds. The van der Waals surface area contributed by atoms with Crippen LogP contribution in [-0.2, 0) is 22.7 Å². The molecule has 0 atom stereocenters. The summed E-state index contributed by atoms with van der Waals surface area (Å²) in [5, 5.41) is 11.9. The summed E-state index contributed by atoms with van der Waals surface area (Å²) >= 11 is 1.31. The summed E-state index contributed by atoms with van der Waals surface area (Å²) in [7, 11) is 0. The maximum atomic E-state index is 12.4. The third-order valence-corrected chi connectivity index (χ3v) is 5.45. The lowest BCUT2D eigenvalue weighted by Gasteiger charge is -2.09. The summed E-state index contributed by atoms with van der Waals surface area (Å²) in [6, 6.07) is 14.4. The second-order valence-electron chi connectivity index (χ2n) is 6.88. The Hall–Kier alpha value is -3.33. The average molecular weight is 455 g/mol. The number of amides is 1. The van der Waals surface area contributed by atoms with E-state index in [1.807, 2.05) is 42.7 Å². The van der Waals surface area contributed by atoms with Crippen LogP contribution in [0.2, 0.25) is 0 Å². The Labute approximate surface area is 191 Å². The second-order valence-corrected chi connectivity index (χ2v) is 7.83. The summed E-state index contributed by atoms with van der Waals surface area (Å²) in [4.78, 5) is 24.1. The smallest absolute Gasteiger partial charge is 0.338 e. The number of nitrogens with one attached hydrogen (secondary N) is 1. The van der Waals surface area contributed by atoms with E-state index in [-0.39, 0.29) is 17.6 Å². The Morgan fingerprint density at radius 1 is 1.09 bits per heavy atom. The fraction of sp³-hybridized carbons (Fsp3) is 0.304. The largest absolute Gasteiger partial charge is 0.486 e. The molecule has 1 aromatic heterocycles.